The van der Waals surface area contributed by atoms with E-state index in [-0.39, 0.29) is 47.0 Å². The molecule has 0 aromatic heterocycles. The maximum Gasteiger partial charge on any atom is 0.233 e. The molecule has 27 heavy (non-hydrogen) atoms. The van der Waals surface area contributed by atoms with Crippen molar-refractivity contribution in [2.24, 2.45) is 34.1 Å². The van der Waals surface area contributed by atoms with Crippen LogP contribution in [0, 0.1) is 29.1 Å². The molecule has 150 valence electrons. The molecule has 7 heteroatoms. The molecule has 3 aliphatic rings. The van der Waals surface area contributed by atoms with E-state index in [4.69, 9.17) is 4.74 Å². The van der Waals surface area contributed by atoms with E-state index in [1.165, 1.54) is 4.90 Å². The van der Waals surface area contributed by atoms with E-state index >= 15 is 0 Å². The molecule has 2 fully saturated rings. The number of carbonyl (C=O) groups excluding carboxylic acids is 2. The van der Waals surface area contributed by atoms with Gasteiger partial charge in [-0.2, -0.15) is 0 Å². The summed E-state index contributed by atoms with van der Waals surface area (Å²) in [6.07, 6.45) is 5.24. The van der Waals surface area contributed by atoms with Gasteiger partial charge in [-0.1, -0.05) is 32.9 Å². The number of imide groups is 1. The van der Waals surface area contributed by atoms with Crippen molar-refractivity contribution >= 4 is 17.8 Å². The number of amides is 2. The maximum atomic E-state index is 12.7. The molecule has 0 aromatic rings. The zero-order valence-electron chi connectivity index (χ0n) is 17.0. The quantitative estimate of drug-likeness (QED) is 0.313. The van der Waals surface area contributed by atoms with Crippen LogP contribution in [-0.4, -0.2) is 62.6 Å². The van der Waals surface area contributed by atoms with Crippen LogP contribution in [0.25, 0.3) is 0 Å². The molecule has 0 radical (unpaired) electrons. The molecule has 2 N–H and O–H groups in total. The first-order chi connectivity index (χ1) is 12.8. The molecule has 1 heterocycles. The molecular formula is C20H32N4O3. The lowest BCUT2D eigenvalue weighted by molar-refractivity contribution is -0.140. The molecule has 2 amide bonds. The Morgan fingerprint density at radius 1 is 1.22 bits per heavy atom. The Balaban J connectivity index is 1.48. The third-order valence-corrected chi connectivity index (χ3v) is 6.12. The summed E-state index contributed by atoms with van der Waals surface area (Å²) in [5.41, 5.74) is 0.0141. The Labute approximate surface area is 161 Å². The van der Waals surface area contributed by atoms with Crippen molar-refractivity contribution in [2.45, 2.75) is 33.3 Å². The van der Waals surface area contributed by atoms with Crippen LogP contribution in [0.5, 0.6) is 0 Å². The highest BCUT2D eigenvalue weighted by Gasteiger charge is 2.58. The SMILES string of the molecule is CN=C(NCCN1C(=O)C2C3C=CC(C3)C2C1=O)NCC(OC)C(C)(C)C. The minimum Gasteiger partial charge on any atom is -0.379 e. The van der Waals surface area contributed by atoms with Gasteiger partial charge in [0.05, 0.1) is 17.9 Å². The summed E-state index contributed by atoms with van der Waals surface area (Å²) < 4.78 is 5.54. The smallest absolute Gasteiger partial charge is 0.233 e. The molecule has 5 unspecified atom stereocenters. The van der Waals surface area contributed by atoms with Gasteiger partial charge in [0.2, 0.25) is 11.8 Å². The van der Waals surface area contributed by atoms with Gasteiger partial charge >= 0.3 is 0 Å². The number of likely N-dealkylation sites (tertiary alicyclic amines) is 1. The normalized spacial score (nSPS) is 30.9. The van der Waals surface area contributed by atoms with Gasteiger partial charge < -0.3 is 15.4 Å². The number of guanidine groups is 1. The topological polar surface area (TPSA) is 83.0 Å². The second-order valence-corrected chi connectivity index (χ2v) is 8.80. The molecule has 1 saturated carbocycles. The molecular weight excluding hydrogens is 344 g/mol. The van der Waals surface area contributed by atoms with Crippen molar-refractivity contribution < 1.29 is 14.3 Å². The van der Waals surface area contributed by atoms with Crippen molar-refractivity contribution in [3.05, 3.63) is 12.2 Å². The molecule has 1 saturated heterocycles. The molecule has 0 spiro atoms. The van der Waals surface area contributed by atoms with Gasteiger partial charge in [0.1, 0.15) is 0 Å². The monoisotopic (exact) mass is 376 g/mol. The standard InChI is InChI=1S/C20H32N4O3/c1-20(2,3)14(27-5)11-23-19(21-4)22-8-9-24-17(25)15-12-6-7-13(10-12)16(15)18(24)26/h6-7,12-16H,8-11H2,1-5H3,(H2,21,22,23). The van der Waals surface area contributed by atoms with E-state index < -0.39 is 0 Å². The Morgan fingerprint density at radius 3 is 2.30 bits per heavy atom. The first-order valence-electron chi connectivity index (χ1n) is 9.78. The second-order valence-electron chi connectivity index (χ2n) is 8.80. The van der Waals surface area contributed by atoms with E-state index in [1.807, 2.05) is 0 Å². The summed E-state index contributed by atoms with van der Waals surface area (Å²) in [6.45, 7) is 7.86. The van der Waals surface area contributed by atoms with Crippen molar-refractivity contribution in [3.8, 4) is 0 Å². The van der Waals surface area contributed by atoms with Crippen LogP contribution >= 0.6 is 0 Å². The largest absolute Gasteiger partial charge is 0.379 e. The molecule has 5 atom stereocenters. The summed E-state index contributed by atoms with van der Waals surface area (Å²) in [4.78, 5) is 31.0. The van der Waals surface area contributed by atoms with Gasteiger partial charge in [-0.3, -0.25) is 19.5 Å². The van der Waals surface area contributed by atoms with Crippen LogP contribution < -0.4 is 10.6 Å². The first kappa shape index (κ1) is 19.9. The van der Waals surface area contributed by atoms with Crippen molar-refractivity contribution in [3.63, 3.8) is 0 Å². The van der Waals surface area contributed by atoms with Crippen molar-refractivity contribution in [1.29, 1.82) is 0 Å². The number of carbonyl (C=O) groups is 2. The summed E-state index contributed by atoms with van der Waals surface area (Å²) in [5, 5.41) is 6.45. The highest BCUT2D eigenvalue weighted by molar-refractivity contribution is 6.06. The number of ether oxygens (including phenoxy) is 1. The van der Waals surface area contributed by atoms with E-state index in [1.54, 1.807) is 14.2 Å². The Hall–Kier alpha value is -1.89. The van der Waals surface area contributed by atoms with Gasteiger partial charge in [-0.05, 0) is 23.7 Å². The number of rotatable bonds is 6. The zero-order chi connectivity index (χ0) is 19.8. The van der Waals surface area contributed by atoms with E-state index in [9.17, 15) is 9.59 Å². The number of fused-ring (bicyclic) bond motifs is 5. The van der Waals surface area contributed by atoms with Gasteiger partial charge in [0.15, 0.2) is 5.96 Å². The van der Waals surface area contributed by atoms with Crippen LogP contribution in [0.3, 0.4) is 0 Å². The van der Waals surface area contributed by atoms with Gasteiger partial charge in [0, 0.05) is 33.8 Å². The maximum absolute atomic E-state index is 12.7. The third-order valence-electron chi connectivity index (χ3n) is 6.12. The lowest BCUT2D eigenvalue weighted by Crippen LogP contribution is -2.47. The molecule has 2 aliphatic carbocycles. The third kappa shape index (κ3) is 3.74. The lowest BCUT2D eigenvalue weighted by atomic mass is 9.85. The van der Waals surface area contributed by atoms with E-state index in [0.717, 1.165) is 6.42 Å². The number of hydrogen-bond donors (Lipinski definition) is 2. The Morgan fingerprint density at radius 2 is 1.81 bits per heavy atom. The average Bonchev–Trinajstić information content (AvgIpc) is 3.28. The van der Waals surface area contributed by atoms with E-state index in [0.29, 0.717) is 25.6 Å². The molecule has 2 bridgehead atoms. The number of nitrogens with one attached hydrogen (secondary N) is 2. The van der Waals surface area contributed by atoms with Crippen LogP contribution in [0.2, 0.25) is 0 Å². The van der Waals surface area contributed by atoms with E-state index in [2.05, 4.69) is 48.5 Å². The van der Waals surface area contributed by atoms with Gasteiger partial charge in [-0.15, -0.1) is 0 Å². The fraction of sp³-hybridized carbons (Fsp3) is 0.750. The fourth-order valence-corrected chi connectivity index (χ4v) is 4.62. The highest BCUT2D eigenvalue weighted by Crippen LogP contribution is 2.52. The predicted molar refractivity (Wildman–Crippen MR) is 104 cm³/mol. The fourth-order valence-electron chi connectivity index (χ4n) is 4.62. The number of hydrogen-bond acceptors (Lipinski definition) is 4. The van der Waals surface area contributed by atoms with Crippen LogP contribution in [0.15, 0.2) is 17.1 Å². The van der Waals surface area contributed by atoms with Gasteiger partial charge in [-0.25, -0.2) is 0 Å². The summed E-state index contributed by atoms with van der Waals surface area (Å²) in [7, 11) is 3.41. The minimum absolute atomic E-state index is 0.00113. The number of allylic oxidation sites excluding steroid dienone is 2. The van der Waals surface area contributed by atoms with Crippen molar-refractivity contribution in [1.82, 2.24) is 15.5 Å². The van der Waals surface area contributed by atoms with Gasteiger partial charge in [0.25, 0.3) is 0 Å². The number of nitrogens with zero attached hydrogens (tertiary/aromatic N) is 2. The number of methoxy groups -OCH3 is 1. The van der Waals surface area contributed by atoms with Crippen molar-refractivity contribution in [2.75, 3.05) is 33.8 Å². The van der Waals surface area contributed by atoms with Crippen LogP contribution in [0.1, 0.15) is 27.2 Å². The molecule has 7 nitrogen and oxygen atoms in total. The highest BCUT2D eigenvalue weighted by atomic mass is 16.5. The summed E-state index contributed by atoms with van der Waals surface area (Å²) in [6, 6.07) is 0. The second kappa shape index (κ2) is 7.62. The molecule has 3 rings (SSSR count). The number of aliphatic imine (C=N–C) groups is 1. The lowest BCUT2D eigenvalue weighted by Gasteiger charge is -2.30. The zero-order valence-corrected chi connectivity index (χ0v) is 17.0. The van der Waals surface area contributed by atoms with Crippen LogP contribution in [0.4, 0.5) is 0 Å². The Bertz CT molecular complexity index is 622. The average molecular weight is 377 g/mol. The molecule has 1 aliphatic heterocycles. The summed E-state index contributed by atoms with van der Waals surface area (Å²) in [5.74, 6) is 0.901. The minimum atomic E-state index is -0.126. The predicted octanol–water partition coefficient (Wildman–Crippen LogP) is 1.02. The summed E-state index contributed by atoms with van der Waals surface area (Å²) >= 11 is 0. The molecule has 0 aromatic carbocycles. The van der Waals surface area contributed by atoms with Crippen LogP contribution in [-0.2, 0) is 14.3 Å². The first-order valence-corrected chi connectivity index (χ1v) is 9.78. The Kier molecular flexibility index (Phi) is 5.60.